The molecule has 0 spiro atoms. The number of carbonyl (C=O) groups excluding carboxylic acids is 1. The van der Waals surface area contributed by atoms with Gasteiger partial charge in [0.1, 0.15) is 17.3 Å². The Hall–Kier alpha value is -1.79. The summed E-state index contributed by atoms with van der Waals surface area (Å²) in [6.07, 6.45) is 1.53. The first-order valence-corrected chi connectivity index (χ1v) is 8.41. The third-order valence-corrected chi connectivity index (χ3v) is 4.48. The third-order valence-electron chi connectivity index (χ3n) is 2.91. The van der Waals surface area contributed by atoms with Crippen molar-refractivity contribution >= 4 is 28.3 Å². The molecule has 7 heteroatoms. The van der Waals surface area contributed by atoms with E-state index in [1.54, 1.807) is 37.4 Å². The van der Waals surface area contributed by atoms with Gasteiger partial charge in [0.05, 0.1) is 25.7 Å². The molecule has 1 amide bonds. The summed E-state index contributed by atoms with van der Waals surface area (Å²) in [6, 6.07) is 8.65. The number of halogens is 1. The highest BCUT2D eigenvalue weighted by atomic mass is 35.5. The van der Waals surface area contributed by atoms with E-state index in [0.717, 1.165) is 5.56 Å². The van der Waals surface area contributed by atoms with E-state index in [0.29, 0.717) is 16.5 Å². The second-order valence-corrected chi connectivity index (χ2v) is 6.41. The van der Waals surface area contributed by atoms with Crippen molar-refractivity contribution in [1.29, 1.82) is 0 Å². The largest absolute Gasteiger partial charge is 0.497 e. The lowest BCUT2D eigenvalue weighted by molar-refractivity contribution is -0.118. The van der Waals surface area contributed by atoms with E-state index in [-0.39, 0.29) is 24.0 Å². The van der Waals surface area contributed by atoms with Crippen LogP contribution >= 0.6 is 11.6 Å². The number of hydrogen-bond acceptors (Lipinski definition) is 4. The number of rotatable bonds is 7. The van der Waals surface area contributed by atoms with Crippen LogP contribution in [-0.2, 0) is 27.9 Å². The van der Waals surface area contributed by atoms with Gasteiger partial charge in [0.25, 0.3) is 0 Å². The lowest BCUT2D eigenvalue weighted by Crippen LogP contribution is -2.28. The van der Waals surface area contributed by atoms with Gasteiger partial charge in [-0.05, 0) is 29.8 Å². The summed E-state index contributed by atoms with van der Waals surface area (Å²) >= 11 is 6.09. The van der Waals surface area contributed by atoms with Gasteiger partial charge < -0.3 is 14.5 Å². The standard InChI is InChI=1S/C15H16ClNO4S/c1-20-12-5-4-11(14(16)7-12)9-22(19)10-15(18)17-8-13-3-2-6-21-13/h2-7H,8-10H2,1H3,(H,17,18). The van der Waals surface area contributed by atoms with E-state index in [1.165, 1.54) is 6.26 Å². The summed E-state index contributed by atoms with van der Waals surface area (Å²) in [5.41, 5.74) is 0.722. The monoisotopic (exact) mass is 341 g/mol. The maximum atomic E-state index is 12.0. The maximum Gasteiger partial charge on any atom is 0.233 e. The zero-order chi connectivity index (χ0) is 15.9. The fraction of sp³-hybridized carbons (Fsp3) is 0.267. The lowest BCUT2D eigenvalue weighted by atomic mass is 10.2. The number of benzene rings is 1. The van der Waals surface area contributed by atoms with Crippen molar-refractivity contribution in [3.63, 3.8) is 0 Å². The Morgan fingerprint density at radius 2 is 2.23 bits per heavy atom. The van der Waals surface area contributed by atoms with E-state index in [9.17, 15) is 9.00 Å². The zero-order valence-electron chi connectivity index (χ0n) is 12.0. The van der Waals surface area contributed by atoms with Crippen LogP contribution in [0.15, 0.2) is 41.0 Å². The molecule has 2 aromatic rings. The highest BCUT2D eigenvalue weighted by molar-refractivity contribution is 7.84. The van der Waals surface area contributed by atoms with Crippen molar-refractivity contribution < 1.29 is 18.2 Å². The molecular weight excluding hydrogens is 326 g/mol. The molecule has 0 fully saturated rings. The predicted molar refractivity (Wildman–Crippen MR) is 85.3 cm³/mol. The number of nitrogens with one attached hydrogen (secondary N) is 1. The first-order chi connectivity index (χ1) is 10.6. The van der Waals surface area contributed by atoms with Crippen LogP contribution in [0.1, 0.15) is 11.3 Å². The molecule has 0 aliphatic heterocycles. The molecule has 1 unspecified atom stereocenters. The first kappa shape index (κ1) is 16.6. The SMILES string of the molecule is COc1ccc(CS(=O)CC(=O)NCc2ccco2)c(Cl)c1. The van der Waals surface area contributed by atoms with Crippen LogP contribution in [0.3, 0.4) is 0 Å². The van der Waals surface area contributed by atoms with Gasteiger partial charge in [-0.1, -0.05) is 17.7 Å². The summed E-state index contributed by atoms with van der Waals surface area (Å²) in [4.78, 5) is 11.7. The molecule has 22 heavy (non-hydrogen) atoms. The Kier molecular flexibility index (Phi) is 6.03. The molecule has 0 saturated carbocycles. The highest BCUT2D eigenvalue weighted by Crippen LogP contribution is 2.23. The number of ether oxygens (including phenoxy) is 1. The van der Waals surface area contributed by atoms with Crippen LogP contribution in [0.5, 0.6) is 5.75 Å². The lowest BCUT2D eigenvalue weighted by Gasteiger charge is -2.07. The molecule has 2 rings (SSSR count). The molecule has 0 aliphatic carbocycles. The van der Waals surface area contributed by atoms with Gasteiger partial charge in [-0.3, -0.25) is 9.00 Å². The highest BCUT2D eigenvalue weighted by Gasteiger charge is 2.11. The van der Waals surface area contributed by atoms with Crippen molar-refractivity contribution in [2.45, 2.75) is 12.3 Å². The Labute approximate surface area is 136 Å². The molecule has 1 aromatic heterocycles. The normalized spacial score (nSPS) is 11.9. The molecule has 1 N–H and O–H groups in total. The molecule has 0 radical (unpaired) electrons. The second kappa shape index (κ2) is 8.00. The average molecular weight is 342 g/mol. The molecule has 0 saturated heterocycles. The second-order valence-electron chi connectivity index (χ2n) is 4.54. The fourth-order valence-corrected chi connectivity index (χ4v) is 3.20. The number of furan rings is 1. The van der Waals surface area contributed by atoms with E-state index in [2.05, 4.69) is 5.32 Å². The summed E-state index contributed by atoms with van der Waals surface area (Å²) < 4.78 is 22.2. The molecule has 5 nitrogen and oxygen atoms in total. The average Bonchev–Trinajstić information content (AvgIpc) is 3.00. The van der Waals surface area contributed by atoms with E-state index in [1.807, 2.05) is 0 Å². The third kappa shape index (κ3) is 4.89. The fourth-order valence-electron chi connectivity index (χ4n) is 1.79. The van der Waals surface area contributed by atoms with E-state index in [4.69, 9.17) is 20.8 Å². The van der Waals surface area contributed by atoms with Crippen molar-refractivity contribution in [1.82, 2.24) is 5.32 Å². The molecule has 1 atom stereocenters. The van der Waals surface area contributed by atoms with Crippen LogP contribution in [0.4, 0.5) is 0 Å². The quantitative estimate of drug-likeness (QED) is 0.840. The Morgan fingerprint density at radius 3 is 2.86 bits per heavy atom. The van der Waals surface area contributed by atoms with Gasteiger partial charge in [0.2, 0.25) is 5.91 Å². The van der Waals surface area contributed by atoms with Crippen molar-refractivity contribution in [2.24, 2.45) is 0 Å². The number of hydrogen-bond donors (Lipinski definition) is 1. The summed E-state index contributed by atoms with van der Waals surface area (Å²) in [5, 5.41) is 3.13. The molecule has 0 aliphatic rings. The summed E-state index contributed by atoms with van der Waals surface area (Å²) in [6.45, 7) is 0.284. The van der Waals surface area contributed by atoms with Gasteiger partial charge in [-0.25, -0.2) is 0 Å². The van der Waals surface area contributed by atoms with Crippen LogP contribution in [0, 0.1) is 0 Å². The van der Waals surface area contributed by atoms with Gasteiger partial charge >= 0.3 is 0 Å². The van der Waals surface area contributed by atoms with Crippen LogP contribution < -0.4 is 10.1 Å². The zero-order valence-corrected chi connectivity index (χ0v) is 13.6. The van der Waals surface area contributed by atoms with Crippen LogP contribution in [0.25, 0.3) is 0 Å². The van der Waals surface area contributed by atoms with Crippen LogP contribution in [-0.4, -0.2) is 23.0 Å². The summed E-state index contributed by atoms with van der Waals surface area (Å²) in [7, 11) is 0.212. The van der Waals surface area contributed by atoms with Crippen molar-refractivity contribution in [2.75, 3.05) is 12.9 Å². The maximum absolute atomic E-state index is 12.0. The van der Waals surface area contributed by atoms with Crippen LogP contribution in [0.2, 0.25) is 5.02 Å². The molecule has 1 aromatic carbocycles. The van der Waals surface area contributed by atoms with Crippen molar-refractivity contribution in [3.05, 3.63) is 52.9 Å². The number of methoxy groups -OCH3 is 1. The topological polar surface area (TPSA) is 68.5 Å². The van der Waals surface area contributed by atoms with Gasteiger partial charge in [-0.2, -0.15) is 0 Å². The molecule has 118 valence electrons. The Morgan fingerprint density at radius 1 is 1.41 bits per heavy atom. The van der Waals surface area contributed by atoms with Gasteiger partial charge in [0.15, 0.2) is 0 Å². The molecule has 1 heterocycles. The number of carbonyl (C=O) groups is 1. The van der Waals surface area contributed by atoms with Gasteiger partial charge in [-0.15, -0.1) is 0 Å². The van der Waals surface area contributed by atoms with E-state index >= 15 is 0 Å². The minimum Gasteiger partial charge on any atom is -0.497 e. The van der Waals surface area contributed by atoms with Crippen molar-refractivity contribution in [3.8, 4) is 5.75 Å². The predicted octanol–water partition coefficient (Wildman–Crippen LogP) is 2.51. The van der Waals surface area contributed by atoms with Gasteiger partial charge in [0, 0.05) is 15.8 Å². The molecule has 0 bridgehead atoms. The number of amides is 1. The minimum absolute atomic E-state index is 0.0803. The Balaban J connectivity index is 1.83. The Bertz CT molecular complexity index is 658. The van der Waals surface area contributed by atoms with E-state index < -0.39 is 10.8 Å². The molecular formula is C15H16ClNO4S. The minimum atomic E-state index is -1.34. The first-order valence-electron chi connectivity index (χ1n) is 6.55. The smallest absolute Gasteiger partial charge is 0.233 e. The summed E-state index contributed by atoms with van der Waals surface area (Å²) in [5.74, 6) is 1.13.